The van der Waals surface area contributed by atoms with Crippen molar-refractivity contribution in [1.82, 2.24) is 0 Å². The van der Waals surface area contributed by atoms with Crippen LogP contribution in [0.25, 0.3) is 0 Å². The summed E-state index contributed by atoms with van der Waals surface area (Å²) in [6.45, 7) is 7.50. The summed E-state index contributed by atoms with van der Waals surface area (Å²) in [7, 11) is 0. The maximum atomic E-state index is 5.44. The van der Waals surface area contributed by atoms with Crippen LogP contribution in [0.15, 0.2) is 0 Å². The number of hydrogen-bond donors (Lipinski definition) is 0. The number of ether oxygens (including phenoxy) is 3. The molecule has 0 N–H and O–H groups in total. The lowest BCUT2D eigenvalue weighted by Crippen LogP contribution is -2.14. The molecule has 0 aliphatic carbocycles. The lowest BCUT2D eigenvalue weighted by atomic mass is 10.4. The van der Waals surface area contributed by atoms with Gasteiger partial charge in [0.1, 0.15) is 0 Å². The van der Waals surface area contributed by atoms with E-state index >= 15 is 0 Å². The van der Waals surface area contributed by atoms with Crippen LogP contribution in [-0.4, -0.2) is 31.7 Å². The summed E-state index contributed by atoms with van der Waals surface area (Å²) in [4.78, 5) is 0. The minimum absolute atomic E-state index is 0.0428. The minimum atomic E-state index is -0.0428. The Balaban J connectivity index is 2.00. The Kier molecular flexibility index (Phi) is 3.98. The van der Waals surface area contributed by atoms with Gasteiger partial charge in [-0.15, -0.1) is 0 Å². The van der Waals surface area contributed by atoms with Crippen molar-refractivity contribution in [2.45, 2.75) is 45.7 Å². The van der Waals surface area contributed by atoms with E-state index in [4.69, 9.17) is 14.2 Å². The molecule has 1 aliphatic rings. The zero-order chi connectivity index (χ0) is 8.97. The Morgan fingerprint density at radius 2 is 2.25 bits per heavy atom. The number of hydrogen-bond acceptors (Lipinski definition) is 3. The van der Waals surface area contributed by atoms with Crippen molar-refractivity contribution in [2.75, 3.05) is 13.2 Å². The summed E-state index contributed by atoms with van der Waals surface area (Å²) in [5.74, 6) is 0. The normalized spacial score (nSPS) is 30.0. The molecule has 1 heterocycles. The molecule has 3 nitrogen and oxygen atoms in total. The number of rotatable bonds is 4. The first-order chi connectivity index (χ1) is 5.68. The molecule has 3 heteroatoms. The van der Waals surface area contributed by atoms with Crippen LogP contribution in [0.5, 0.6) is 0 Å². The predicted molar refractivity (Wildman–Crippen MR) is 46.0 cm³/mol. The van der Waals surface area contributed by atoms with E-state index in [0.29, 0.717) is 12.7 Å². The summed E-state index contributed by atoms with van der Waals surface area (Å²) >= 11 is 0. The first-order valence-corrected chi connectivity index (χ1v) is 4.57. The fraction of sp³-hybridized carbons (Fsp3) is 1.00. The van der Waals surface area contributed by atoms with E-state index in [9.17, 15) is 0 Å². The highest BCUT2D eigenvalue weighted by Crippen LogP contribution is 2.13. The van der Waals surface area contributed by atoms with Crippen molar-refractivity contribution in [3.05, 3.63) is 0 Å². The first-order valence-electron chi connectivity index (χ1n) is 4.57. The molecule has 0 aromatic carbocycles. The van der Waals surface area contributed by atoms with Crippen molar-refractivity contribution >= 4 is 0 Å². The first kappa shape index (κ1) is 9.96. The van der Waals surface area contributed by atoms with Gasteiger partial charge in [-0.1, -0.05) is 0 Å². The van der Waals surface area contributed by atoms with E-state index in [1.54, 1.807) is 0 Å². The van der Waals surface area contributed by atoms with Crippen molar-refractivity contribution in [3.8, 4) is 0 Å². The quantitative estimate of drug-likeness (QED) is 0.647. The molecule has 0 aromatic rings. The lowest BCUT2D eigenvalue weighted by molar-refractivity contribution is -0.0769. The highest BCUT2D eigenvalue weighted by Gasteiger charge is 2.21. The van der Waals surface area contributed by atoms with Crippen molar-refractivity contribution in [1.29, 1.82) is 0 Å². The molecule has 72 valence electrons. The lowest BCUT2D eigenvalue weighted by Gasteiger charge is -2.11. The van der Waals surface area contributed by atoms with E-state index < -0.39 is 0 Å². The second-order valence-corrected chi connectivity index (χ2v) is 3.42. The van der Waals surface area contributed by atoms with Gasteiger partial charge in [-0.05, 0) is 20.8 Å². The summed E-state index contributed by atoms with van der Waals surface area (Å²) < 4.78 is 16.2. The van der Waals surface area contributed by atoms with Gasteiger partial charge < -0.3 is 14.2 Å². The van der Waals surface area contributed by atoms with Crippen LogP contribution >= 0.6 is 0 Å². The Morgan fingerprint density at radius 3 is 2.75 bits per heavy atom. The zero-order valence-electron chi connectivity index (χ0n) is 8.08. The average Bonchev–Trinajstić information content (AvgIpc) is 2.35. The molecule has 2 atom stereocenters. The van der Waals surface area contributed by atoms with Gasteiger partial charge in [-0.2, -0.15) is 0 Å². The van der Waals surface area contributed by atoms with Gasteiger partial charge in [0.05, 0.1) is 25.4 Å². The molecule has 0 amide bonds. The third-order valence-electron chi connectivity index (χ3n) is 1.71. The largest absolute Gasteiger partial charge is 0.379 e. The minimum Gasteiger partial charge on any atom is -0.379 e. The van der Waals surface area contributed by atoms with Crippen LogP contribution in [0, 0.1) is 0 Å². The second-order valence-electron chi connectivity index (χ2n) is 3.42. The van der Waals surface area contributed by atoms with Crippen LogP contribution in [0.1, 0.15) is 27.2 Å². The molecular formula is C9H18O3. The van der Waals surface area contributed by atoms with Crippen LogP contribution in [0.2, 0.25) is 0 Å². The highest BCUT2D eigenvalue weighted by atomic mass is 16.7. The van der Waals surface area contributed by atoms with Gasteiger partial charge in [0.25, 0.3) is 0 Å². The van der Waals surface area contributed by atoms with Gasteiger partial charge in [-0.25, -0.2) is 0 Å². The Bertz CT molecular complexity index is 125. The molecule has 1 rings (SSSR count). The topological polar surface area (TPSA) is 27.7 Å². The predicted octanol–water partition coefficient (Wildman–Crippen LogP) is 1.56. The maximum Gasteiger partial charge on any atom is 0.160 e. The average molecular weight is 174 g/mol. The van der Waals surface area contributed by atoms with Gasteiger partial charge in [0.15, 0.2) is 6.29 Å². The molecule has 0 radical (unpaired) electrons. The Morgan fingerprint density at radius 1 is 1.50 bits per heavy atom. The molecule has 0 aromatic heterocycles. The third-order valence-corrected chi connectivity index (χ3v) is 1.71. The van der Waals surface area contributed by atoms with Gasteiger partial charge in [0.2, 0.25) is 0 Å². The second kappa shape index (κ2) is 4.80. The molecule has 0 bridgehead atoms. The van der Waals surface area contributed by atoms with Crippen LogP contribution < -0.4 is 0 Å². The Labute approximate surface area is 74.0 Å². The van der Waals surface area contributed by atoms with Gasteiger partial charge >= 0.3 is 0 Å². The fourth-order valence-corrected chi connectivity index (χ4v) is 1.13. The summed E-state index contributed by atoms with van der Waals surface area (Å²) in [6.07, 6.45) is 1.33. The van der Waals surface area contributed by atoms with Crippen molar-refractivity contribution in [3.63, 3.8) is 0 Å². The van der Waals surface area contributed by atoms with Crippen LogP contribution in [0.4, 0.5) is 0 Å². The van der Waals surface area contributed by atoms with E-state index in [2.05, 4.69) is 0 Å². The third kappa shape index (κ3) is 3.52. The molecule has 1 fully saturated rings. The van der Waals surface area contributed by atoms with Crippen molar-refractivity contribution < 1.29 is 14.2 Å². The van der Waals surface area contributed by atoms with Crippen LogP contribution in [-0.2, 0) is 14.2 Å². The Hall–Kier alpha value is -0.120. The highest BCUT2D eigenvalue weighted by molar-refractivity contribution is 4.59. The van der Waals surface area contributed by atoms with Crippen molar-refractivity contribution in [2.24, 2.45) is 0 Å². The molecule has 1 aliphatic heterocycles. The molecular weight excluding hydrogens is 156 g/mol. The summed E-state index contributed by atoms with van der Waals surface area (Å²) in [6, 6.07) is 0. The van der Waals surface area contributed by atoms with E-state index in [1.807, 2.05) is 20.8 Å². The zero-order valence-corrected chi connectivity index (χ0v) is 8.08. The SMILES string of the molecule is CC(C)OCC[C@@H]1OC[C@H](C)O1. The fourth-order valence-electron chi connectivity index (χ4n) is 1.13. The van der Waals surface area contributed by atoms with E-state index in [1.165, 1.54) is 0 Å². The maximum absolute atomic E-state index is 5.44. The molecule has 12 heavy (non-hydrogen) atoms. The molecule has 0 saturated carbocycles. The molecule has 0 spiro atoms. The van der Waals surface area contributed by atoms with Gasteiger partial charge in [0, 0.05) is 6.42 Å². The van der Waals surface area contributed by atoms with Crippen LogP contribution in [0.3, 0.4) is 0 Å². The smallest absolute Gasteiger partial charge is 0.160 e. The molecule has 1 saturated heterocycles. The van der Waals surface area contributed by atoms with Gasteiger partial charge in [-0.3, -0.25) is 0 Å². The standard InChI is InChI=1S/C9H18O3/c1-7(2)10-5-4-9-11-6-8(3)12-9/h7-9H,4-6H2,1-3H3/t8-,9+/m0/s1. The summed E-state index contributed by atoms with van der Waals surface area (Å²) in [5, 5.41) is 0. The monoisotopic (exact) mass is 174 g/mol. The summed E-state index contributed by atoms with van der Waals surface area (Å²) in [5.41, 5.74) is 0. The molecule has 0 unspecified atom stereocenters. The van der Waals surface area contributed by atoms with E-state index in [-0.39, 0.29) is 12.4 Å². The van der Waals surface area contributed by atoms with E-state index in [0.717, 1.165) is 13.0 Å².